The summed E-state index contributed by atoms with van der Waals surface area (Å²) in [7, 11) is -3.86. The van der Waals surface area contributed by atoms with E-state index in [1.165, 1.54) is 27.8 Å². The van der Waals surface area contributed by atoms with Crippen molar-refractivity contribution in [3.05, 3.63) is 120 Å². The van der Waals surface area contributed by atoms with Gasteiger partial charge in [-0.3, -0.25) is 9.38 Å². The van der Waals surface area contributed by atoms with Crippen LogP contribution in [0.4, 0.5) is 4.39 Å². The number of imidazole rings is 1. The van der Waals surface area contributed by atoms with Crippen molar-refractivity contribution in [2.24, 2.45) is 0 Å². The number of thiazole rings is 1. The van der Waals surface area contributed by atoms with Crippen molar-refractivity contribution in [3.8, 4) is 11.3 Å². The SMILES string of the molecule is O=S(=O)(c1cccc2cccnc12)N(CCc1csc2nc(-c3ccc(F)cc3)cn12)Cc1ccccc1. The Morgan fingerprint density at radius 1 is 0.921 bits per heavy atom. The highest BCUT2D eigenvalue weighted by Crippen LogP contribution is 2.27. The van der Waals surface area contributed by atoms with Crippen LogP contribution in [-0.2, 0) is 23.0 Å². The Bertz CT molecular complexity index is 1830. The van der Waals surface area contributed by atoms with E-state index in [0.717, 1.165) is 32.9 Å². The average molecular weight is 543 g/mol. The molecule has 0 fully saturated rings. The van der Waals surface area contributed by atoms with Crippen LogP contribution in [0.2, 0.25) is 0 Å². The zero-order valence-electron chi connectivity index (χ0n) is 20.2. The first-order chi connectivity index (χ1) is 18.5. The minimum atomic E-state index is -3.86. The fourth-order valence-electron chi connectivity index (χ4n) is 4.50. The van der Waals surface area contributed by atoms with E-state index < -0.39 is 10.0 Å². The number of benzene rings is 3. The van der Waals surface area contributed by atoms with E-state index >= 15 is 0 Å². The smallest absolute Gasteiger partial charge is 0.245 e. The Kier molecular flexibility index (Phi) is 6.49. The van der Waals surface area contributed by atoms with Crippen molar-refractivity contribution < 1.29 is 12.8 Å². The van der Waals surface area contributed by atoms with Gasteiger partial charge in [-0.15, -0.1) is 11.3 Å². The molecule has 0 bridgehead atoms. The van der Waals surface area contributed by atoms with Crippen molar-refractivity contribution in [1.29, 1.82) is 0 Å². The van der Waals surface area contributed by atoms with Crippen molar-refractivity contribution in [2.45, 2.75) is 17.9 Å². The molecule has 6 nitrogen and oxygen atoms in total. The molecule has 0 aliphatic heterocycles. The first-order valence-corrected chi connectivity index (χ1v) is 14.4. The van der Waals surface area contributed by atoms with E-state index in [4.69, 9.17) is 0 Å². The predicted molar refractivity (Wildman–Crippen MR) is 148 cm³/mol. The minimum Gasteiger partial charge on any atom is -0.294 e. The van der Waals surface area contributed by atoms with E-state index in [-0.39, 0.29) is 23.8 Å². The van der Waals surface area contributed by atoms with Gasteiger partial charge in [0, 0.05) is 53.9 Å². The molecule has 3 aromatic carbocycles. The maximum atomic E-state index is 14.0. The summed E-state index contributed by atoms with van der Waals surface area (Å²) < 4.78 is 44.9. The fraction of sp³-hybridized carbons (Fsp3) is 0.103. The van der Waals surface area contributed by atoms with Gasteiger partial charge in [-0.1, -0.05) is 48.5 Å². The highest BCUT2D eigenvalue weighted by Gasteiger charge is 2.27. The molecular weight excluding hydrogens is 519 g/mol. The Morgan fingerprint density at radius 2 is 1.71 bits per heavy atom. The second kappa shape index (κ2) is 10.1. The summed E-state index contributed by atoms with van der Waals surface area (Å²) >= 11 is 1.49. The average Bonchev–Trinajstić information content (AvgIpc) is 3.53. The number of hydrogen-bond acceptors (Lipinski definition) is 5. The molecule has 190 valence electrons. The van der Waals surface area contributed by atoms with Crippen molar-refractivity contribution in [2.75, 3.05) is 6.54 Å². The molecular formula is C29H23FN4O2S2. The van der Waals surface area contributed by atoms with Gasteiger partial charge in [-0.25, -0.2) is 17.8 Å². The number of nitrogens with zero attached hydrogens (tertiary/aromatic N) is 4. The molecule has 0 saturated carbocycles. The summed E-state index contributed by atoms with van der Waals surface area (Å²) in [5, 5.41) is 2.78. The number of aromatic nitrogens is 3. The summed E-state index contributed by atoms with van der Waals surface area (Å²) in [6.45, 7) is 0.515. The lowest BCUT2D eigenvalue weighted by Gasteiger charge is -2.23. The van der Waals surface area contributed by atoms with Crippen LogP contribution in [0.1, 0.15) is 11.3 Å². The number of halogens is 1. The molecule has 3 aromatic heterocycles. The lowest BCUT2D eigenvalue weighted by molar-refractivity contribution is 0.408. The van der Waals surface area contributed by atoms with E-state index in [0.29, 0.717) is 11.9 Å². The molecule has 0 saturated heterocycles. The van der Waals surface area contributed by atoms with E-state index in [1.54, 1.807) is 36.5 Å². The van der Waals surface area contributed by atoms with E-state index in [1.807, 2.05) is 58.4 Å². The number of para-hydroxylation sites is 1. The monoisotopic (exact) mass is 542 g/mol. The number of rotatable bonds is 8. The molecule has 0 spiro atoms. The van der Waals surface area contributed by atoms with Crippen molar-refractivity contribution in [3.63, 3.8) is 0 Å². The van der Waals surface area contributed by atoms with Crippen LogP contribution in [0, 0.1) is 5.82 Å². The third-order valence-corrected chi connectivity index (χ3v) is 9.22. The number of pyridine rings is 1. The standard InChI is InChI=1S/C29H23FN4O2S2/c30-24-13-11-22(12-14-24)26-19-34-25(20-37-29(34)32-26)15-17-33(18-21-6-2-1-3-7-21)38(35,36)27-10-4-8-23-9-5-16-31-28(23)27/h1-14,16,19-20H,15,17-18H2. The van der Waals surface area contributed by atoms with Crippen LogP contribution in [0.5, 0.6) is 0 Å². The number of sulfonamides is 1. The summed E-state index contributed by atoms with van der Waals surface area (Å²) in [6.07, 6.45) is 4.02. The maximum Gasteiger partial charge on any atom is 0.245 e. The molecule has 0 amide bonds. The third-order valence-electron chi connectivity index (χ3n) is 6.46. The Morgan fingerprint density at radius 3 is 2.53 bits per heavy atom. The fourth-order valence-corrected chi connectivity index (χ4v) is 7.00. The predicted octanol–water partition coefficient (Wildman–Crippen LogP) is 6.18. The zero-order chi connectivity index (χ0) is 26.1. The highest BCUT2D eigenvalue weighted by molar-refractivity contribution is 7.89. The van der Waals surface area contributed by atoms with Gasteiger partial charge in [0.25, 0.3) is 0 Å². The zero-order valence-corrected chi connectivity index (χ0v) is 21.9. The molecule has 0 radical (unpaired) electrons. The lowest BCUT2D eigenvalue weighted by atomic mass is 10.2. The Hall–Kier alpha value is -3.92. The first-order valence-electron chi connectivity index (χ1n) is 12.1. The minimum absolute atomic E-state index is 0.197. The molecule has 6 rings (SSSR count). The maximum absolute atomic E-state index is 14.0. The van der Waals surface area contributed by atoms with Gasteiger partial charge in [0.2, 0.25) is 10.0 Å². The molecule has 0 aliphatic carbocycles. The van der Waals surface area contributed by atoms with Crippen LogP contribution < -0.4 is 0 Å². The van der Waals surface area contributed by atoms with Crippen LogP contribution in [0.25, 0.3) is 27.1 Å². The molecule has 3 heterocycles. The van der Waals surface area contributed by atoms with Gasteiger partial charge in [0.1, 0.15) is 10.7 Å². The normalized spacial score (nSPS) is 12.1. The Balaban J connectivity index is 1.33. The molecule has 38 heavy (non-hydrogen) atoms. The van der Waals surface area contributed by atoms with Gasteiger partial charge >= 0.3 is 0 Å². The van der Waals surface area contributed by atoms with Crippen LogP contribution >= 0.6 is 11.3 Å². The molecule has 0 aliphatic rings. The Labute approximate surface area is 223 Å². The summed E-state index contributed by atoms with van der Waals surface area (Å²) in [6, 6.07) is 24.7. The molecule has 0 atom stereocenters. The molecule has 0 N–H and O–H groups in total. The van der Waals surface area contributed by atoms with E-state index in [2.05, 4.69) is 9.97 Å². The van der Waals surface area contributed by atoms with Gasteiger partial charge < -0.3 is 0 Å². The highest BCUT2D eigenvalue weighted by atomic mass is 32.2. The summed E-state index contributed by atoms with van der Waals surface area (Å²) in [5.74, 6) is -0.295. The van der Waals surface area contributed by atoms with Crippen molar-refractivity contribution >= 4 is 37.2 Å². The lowest BCUT2D eigenvalue weighted by Crippen LogP contribution is -2.33. The quantitative estimate of drug-likeness (QED) is 0.230. The van der Waals surface area contributed by atoms with Crippen LogP contribution in [0.3, 0.4) is 0 Å². The topological polar surface area (TPSA) is 67.6 Å². The third kappa shape index (κ3) is 4.71. The molecule has 0 unspecified atom stereocenters. The van der Waals surface area contributed by atoms with Crippen LogP contribution in [0.15, 0.2) is 108 Å². The van der Waals surface area contributed by atoms with Gasteiger partial charge in [-0.05, 0) is 42.0 Å². The molecule has 6 aromatic rings. The summed E-state index contributed by atoms with van der Waals surface area (Å²) in [5.41, 5.74) is 3.89. The second-order valence-electron chi connectivity index (χ2n) is 8.92. The van der Waals surface area contributed by atoms with Crippen LogP contribution in [-0.4, -0.2) is 33.6 Å². The van der Waals surface area contributed by atoms with Gasteiger partial charge in [-0.2, -0.15) is 4.31 Å². The second-order valence-corrected chi connectivity index (χ2v) is 11.7. The van der Waals surface area contributed by atoms with Gasteiger partial charge in [0.15, 0.2) is 4.96 Å². The number of hydrogen-bond donors (Lipinski definition) is 0. The molecule has 9 heteroatoms. The van der Waals surface area contributed by atoms with Crippen molar-refractivity contribution in [1.82, 2.24) is 18.7 Å². The van der Waals surface area contributed by atoms with E-state index in [9.17, 15) is 12.8 Å². The largest absolute Gasteiger partial charge is 0.294 e. The summed E-state index contributed by atoms with van der Waals surface area (Å²) in [4.78, 5) is 10.1. The van der Waals surface area contributed by atoms with Gasteiger partial charge in [0.05, 0.1) is 11.2 Å². The number of fused-ring (bicyclic) bond motifs is 2. The first kappa shape index (κ1) is 24.4.